The van der Waals surface area contributed by atoms with Crippen LogP contribution in [0.4, 0.5) is 0 Å². The second kappa shape index (κ2) is 8.10. The van der Waals surface area contributed by atoms with Gasteiger partial charge in [0.05, 0.1) is 12.2 Å². The molecule has 3 nitrogen and oxygen atoms in total. The lowest BCUT2D eigenvalue weighted by Crippen LogP contribution is -2.62. The van der Waals surface area contributed by atoms with Gasteiger partial charge < -0.3 is 15.3 Å². The van der Waals surface area contributed by atoms with Gasteiger partial charge in [0.15, 0.2) is 0 Å². The lowest BCUT2D eigenvalue weighted by molar-refractivity contribution is -0.203. The summed E-state index contributed by atoms with van der Waals surface area (Å²) < 4.78 is 0. The van der Waals surface area contributed by atoms with Gasteiger partial charge in [0.25, 0.3) is 0 Å². The Kier molecular flexibility index (Phi) is 6.17. The zero-order valence-electron chi connectivity index (χ0n) is 19.3. The highest BCUT2D eigenvalue weighted by Crippen LogP contribution is 2.69. The van der Waals surface area contributed by atoms with Gasteiger partial charge in [-0.3, -0.25) is 0 Å². The summed E-state index contributed by atoms with van der Waals surface area (Å²) in [6.45, 7) is 10.0. The summed E-state index contributed by atoms with van der Waals surface area (Å²) in [5.41, 5.74) is 0.651. The van der Waals surface area contributed by atoms with E-state index in [-0.39, 0.29) is 12.2 Å². The van der Waals surface area contributed by atoms with E-state index in [9.17, 15) is 15.3 Å². The summed E-state index contributed by atoms with van der Waals surface area (Å²) in [4.78, 5) is 0. The number of aliphatic hydroxyl groups excluding tert-OH is 3. The van der Waals surface area contributed by atoms with Crippen molar-refractivity contribution in [2.75, 3.05) is 6.61 Å². The molecule has 0 saturated heterocycles. The molecule has 4 rings (SSSR count). The van der Waals surface area contributed by atoms with Gasteiger partial charge in [-0.15, -0.1) is 0 Å². The Hall–Kier alpha value is -0.120. The lowest BCUT2D eigenvalue weighted by atomic mass is 9.41. The molecule has 0 heterocycles. The normalized spacial score (nSPS) is 53.1. The van der Waals surface area contributed by atoms with E-state index in [1.165, 1.54) is 25.7 Å². The van der Waals surface area contributed by atoms with Crippen molar-refractivity contribution < 1.29 is 15.3 Å². The zero-order valence-corrected chi connectivity index (χ0v) is 19.3. The Morgan fingerprint density at radius 3 is 2.31 bits per heavy atom. The second-order valence-electron chi connectivity index (χ2n) is 12.0. The van der Waals surface area contributed by atoms with Crippen LogP contribution in [0, 0.1) is 52.3 Å². The summed E-state index contributed by atoms with van der Waals surface area (Å²) in [5, 5.41) is 31.4. The number of hydrogen-bond donors (Lipinski definition) is 3. The highest BCUT2D eigenvalue weighted by Gasteiger charge is 2.64. The molecule has 0 aromatic carbocycles. The maximum absolute atomic E-state index is 11.7. The fraction of sp³-hybridized carbons (Fsp3) is 1.00. The van der Waals surface area contributed by atoms with E-state index < -0.39 is 0 Å². The van der Waals surface area contributed by atoms with E-state index in [2.05, 4.69) is 27.7 Å². The molecule has 4 aliphatic rings. The molecule has 3 heteroatoms. The molecule has 0 aromatic rings. The minimum atomic E-state index is -0.190. The van der Waals surface area contributed by atoms with Gasteiger partial charge in [-0.2, -0.15) is 0 Å². The molecule has 0 amide bonds. The third-order valence-corrected chi connectivity index (χ3v) is 11.0. The number of rotatable bonds is 5. The fourth-order valence-electron chi connectivity index (χ4n) is 9.55. The Balaban J connectivity index is 1.63. The van der Waals surface area contributed by atoms with E-state index in [4.69, 9.17) is 0 Å². The van der Waals surface area contributed by atoms with Crippen LogP contribution < -0.4 is 0 Å². The monoisotopic (exact) mass is 406 g/mol. The van der Waals surface area contributed by atoms with E-state index in [1.807, 2.05) is 0 Å². The van der Waals surface area contributed by atoms with Crippen molar-refractivity contribution in [3.63, 3.8) is 0 Å². The molecule has 0 aliphatic heterocycles. The van der Waals surface area contributed by atoms with Crippen LogP contribution in [-0.4, -0.2) is 34.1 Å². The molecule has 0 bridgehead atoms. The van der Waals surface area contributed by atoms with E-state index >= 15 is 0 Å². The van der Waals surface area contributed by atoms with Crippen molar-refractivity contribution in [2.24, 2.45) is 52.3 Å². The van der Waals surface area contributed by atoms with Crippen molar-refractivity contribution in [3.05, 3.63) is 0 Å². The highest BCUT2D eigenvalue weighted by molar-refractivity contribution is 5.13. The molecule has 0 spiro atoms. The minimum Gasteiger partial charge on any atom is -0.396 e. The molecule has 3 N–H and O–H groups in total. The van der Waals surface area contributed by atoms with Crippen LogP contribution in [0.5, 0.6) is 0 Å². The number of fused-ring (bicyclic) bond motifs is 5. The van der Waals surface area contributed by atoms with Crippen LogP contribution in [-0.2, 0) is 0 Å². The van der Waals surface area contributed by atoms with Gasteiger partial charge in [0, 0.05) is 6.61 Å². The number of hydrogen-bond acceptors (Lipinski definition) is 3. The maximum atomic E-state index is 11.7. The molecule has 4 saturated carbocycles. The van der Waals surface area contributed by atoms with E-state index in [0.29, 0.717) is 52.9 Å². The first-order valence-corrected chi connectivity index (χ1v) is 12.7. The van der Waals surface area contributed by atoms with Crippen LogP contribution in [0.3, 0.4) is 0 Å². The van der Waals surface area contributed by atoms with Crippen molar-refractivity contribution in [3.8, 4) is 0 Å². The standard InChI is InChI=1S/C26H46O3/c1-5-18-22-15-17(28)10-12-26(22,4)21-11-13-25(3)19(16(2)7-6-14-27)8-9-20(25)23(21)24(18)29/h16-24,27-29H,5-15H2,1-4H3/t16-,17+,18-,19-,20+,21+,22+,23+,24+,25-,26-/m1/s1. The molecule has 0 radical (unpaired) electrons. The van der Waals surface area contributed by atoms with Gasteiger partial charge in [-0.05, 0) is 110 Å². The fourth-order valence-corrected chi connectivity index (χ4v) is 9.55. The van der Waals surface area contributed by atoms with Crippen molar-refractivity contribution >= 4 is 0 Å². The SMILES string of the molecule is CC[C@H]1[C@H](O)[C@@H]2[C@H](CC[C@]3(C)[C@@H]([C@H](C)CCCO)CC[C@@H]23)[C@@]2(C)CC[C@H](O)C[C@@H]12. The average molecular weight is 407 g/mol. The molecule has 29 heavy (non-hydrogen) atoms. The Morgan fingerprint density at radius 2 is 1.62 bits per heavy atom. The van der Waals surface area contributed by atoms with Gasteiger partial charge in [-0.25, -0.2) is 0 Å². The van der Waals surface area contributed by atoms with Gasteiger partial charge in [0.2, 0.25) is 0 Å². The van der Waals surface area contributed by atoms with Crippen LogP contribution in [0.2, 0.25) is 0 Å². The van der Waals surface area contributed by atoms with Crippen LogP contribution in [0.1, 0.15) is 91.9 Å². The van der Waals surface area contributed by atoms with Crippen molar-refractivity contribution in [1.29, 1.82) is 0 Å². The van der Waals surface area contributed by atoms with Crippen LogP contribution in [0.25, 0.3) is 0 Å². The Morgan fingerprint density at radius 1 is 0.931 bits per heavy atom. The van der Waals surface area contributed by atoms with Crippen molar-refractivity contribution in [1.82, 2.24) is 0 Å². The maximum Gasteiger partial charge on any atom is 0.0605 e. The zero-order chi connectivity index (χ0) is 21.0. The van der Waals surface area contributed by atoms with Crippen LogP contribution >= 0.6 is 0 Å². The first-order chi connectivity index (χ1) is 13.8. The Bertz CT molecular complexity index is 578. The molecular formula is C26H46O3. The second-order valence-corrected chi connectivity index (χ2v) is 12.0. The smallest absolute Gasteiger partial charge is 0.0605 e. The van der Waals surface area contributed by atoms with Crippen molar-refractivity contribution in [2.45, 2.75) is 104 Å². The quantitative estimate of drug-likeness (QED) is 0.601. The van der Waals surface area contributed by atoms with Gasteiger partial charge in [-0.1, -0.05) is 34.1 Å². The topological polar surface area (TPSA) is 60.7 Å². The third-order valence-electron chi connectivity index (χ3n) is 11.0. The van der Waals surface area contributed by atoms with Crippen LogP contribution in [0.15, 0.2) is 0 Å². The van der Waals surface area contributed by atoms with Gasteiger partial charge >= 0.3 is 0 Å². The molecule has 0 unspecified atom stereocenters. The molecule has 168 valence electrons. The Labute approximate surface area is 178 Å². The average Bonchev–Trinajstić information content (AvgIpc) is 3.05. The molecule has 11 atom stereocenters. The third kappa shape index (κ3) is 3.33. The molecule has 4 aliphatic carbocycles. The first kappa shape index (κ1) is 22.1. The molecular weight excluding hydrogens is 360 g/mol. The summed E-state index contributed by atoms with van der Waals surface area (Å²) in [6, 6.07) is 0. The molecule has 4 fully saturated rings. The largest absolute Gasteiger partial charge is 0.396 e. The molecule has 0 aromatic heterocycles. The summed E-state index contributed by atoms with van der Waals surface area (Å²) in [5.74, 6) is 3.97. The summed E-state index contributed by atoms with van der Waals surface area (Å²) in [7, 11) is 0. The first-order valence-electron chi connectivity index (χ1n) is 12.7. The number of aliphatic hydroxyl groups is 3. The minimum absolute atomic E-state index is 0.164. The summed E-state index contributed by atoms with van der Waals surface area (Å²) in [6.07, 6.45) is 10.9. The van der Waals surface area contributed by atoms with E-state index in [1.54, 1.807) is 0 Å². The summed E-state index contributed by atoms with van der Waals surface area (Å²) >= 11 is 0. The predicted octanol–water partition coefficient (Wildman–Crippen LogP) is 5.02. The lowest BCUT2D eigenvalue weighted by Gasteiger charge is -2.64. The van der Waals surface area contributed by atoms with Gasteiger partial charge in [0.1, 0.15) is 0 Å². The predicted molar refractivity (Wildman–Crippen MR) is 117 cm³/mol. The highest BCUT2D eigenvalue weighted by atomic mass is 16.3. The van der Waals surface area contributed by atoms with E-state index in [0.717, 1.165) is 44.4 Å².